The average Bonchev–Trinajstić information content (AvgIpc) is 2.40. The lowest BCUT2D eigenvalue weighted by atomic mass is 9.70. The largest absolute Gasteiger partial charge is 0.0764 e. The second-order valence-corrected chi connectivity index (χ2v) is 5.73. The quantitative estimate of drug-likeness (QED) is 0.602. The molecule has 17 heavy (non-hydrogen) atoms. The van der Waals surface area contributed by atoms with E-state index in [0.717, 1.165) is 5.92 Å². The minimum atomic E-state index is 0.641. The van der Waals surface area contributed by atoms with Crippen molar-refractivity contribution in [2.75, 3.05) is 0 Å². The van der Waals surface area contributed by atoms with Crippen LogP contribution in [0.4, 0.5) is 0 Å². The van der Waals surface area contributed by atoms with E-state index in [2.05, 4.69) is 43.4 Å². The summed E-state index contributed by atoms with van der Waals surface area (Å²) in [5.41, 5.74) is 3.22. The lowest BCUT2D eigenvalue weighted by Gasteiger charge is -2.35. The summed E-state index contributed by atoms with van der Waals surface area (Å²) in [4.78, 5) is 0. The fourth-order valence-corrected chi connectivity index (χ4v) is 3.69. The van der Waals surface area contributed by atoms with Crippen LogP contribution < -0.4 is 0 Å². The average molecular weight is 226 g/mol. The number of fused-ring (bicyclic) bond motifs is 1. The van der Waals surface area contributed by atoms with Crippen LogP contribution in [-0.4, -0.2) is 0 Å². The Hall–Kier alpha value is -1.04. The summed E-state index contributed by atoms with van der Waals surface area (Å²) in [5.74, 6) is 2.22. The molecule has 0 aromatic heterocycles. The molecule has 0 bridgehead atoms. The Bertz CT molecular complexity index is 400. The third kappa shape index (κ3) is 2.06. The molecule has 2 atom stereocenters. The van der Waals surface area contributed by atoms with E-state index in [9.17, 15) is 0 Å². The fourth-order valence-electron chi connectivity index (χ4n) is 3.69. The topological polar surface area (TPSA) is 0 Å². The van der Waals surface area contributed by atoms with Gasteiger partial charge in [0.1, 0.15) is 0 Å². The Morgan fingerprint density at radius 2 is 1.82 bits per heavy atom. The number of allylic oxidation sites excluding steroid dienone is 8. The monoisotopic (exact) mass is 226 g/mol. The molecule has 0 spiro atoms. The van der Waals surface area contributed by atoms with Crippen LogP contribution in [0.25, 0.3) is 0 Å². The molecule has 0 aliphatic heterocycles. The van der Waals surface area contributed by atoms with E-state index in [1.54, 1.807) is 5.57 Å². The van der Waals surface area contributed by atoms with Gasteiger partial charge in [-0.3, -0.25) is 0 Å². The van der Waals surface area contributed by atoms with E-state index >= 15 is 0 Å². The van der Waals surface area contributed by atoms with Crippen LogP contribution in [0.2, 0.25) is 0 Å². The highest BCUT2D eigenvalue weighted by atomic mass is 14.3. The van der Waals surface area contributed by atoms with E-state index in [1.807, 2.05) is 0 Å². The first-order chi connectivity index (χ1) is 8.36. The fraction of sp³-hybridized carbons (Fsp3) is 0.529. The lowest BCUT2D eigenvalue weighted by Crippen LogP contribution is -2.23. The Morgan fingerprint density at radius 3 is 2.65 bits per heavy atom. The minimum Gasteiger partial charge on any atom is -0.0764 e. The van der Waals surface area contributed by atoms with Crippen molar-refractivity contribution in [2.45, 2.75) is 39.0 Å². The van der Waals surface area contributed by atoms with Crippen molar-refractivity contribution in [3.05, 3.63) is 47.6 Å². The maximum Gasteiger partial charge on any atom is 0.00841 e. The summed E-state index contributed by atoms with van der Waals surface area (Å²) in [7, 11) is 0. The maximum atomic E-state index is 2.43. The van der Waals surface area contributed by atoms with Gasteiger partial charge in [-0.25, -0.2) is 0 Å². The molecule has 0 radical (unpaired) electrons. The highest BCUT2D eigenvalue weighted by molar-refractivity contribution is 5.42. The van der Waals surface area contributed by atoms with Gasteiger partial charge >= 0.3 is 0 Å². The van der Waals surface area contributed by atoms with Crippen molar-refractivity contribution in [2.24, 2.45) is 17.8 Å². The molecule has 1 saturated carbocycles. The summed E-state index contributed by atoms with van der Waals surface area (Å²) in [6.07, 6.45) is 21.0. The van der Waals surface area contributed by atoms with E-state index in [0.29, 0.717) is 11.8 Å². The number of hydrogen-bond donors (Lipinski definition) is 0. The molecule has 1 fully saturated rings. The minimum absolute atomic E-state index is 0.641. The second-order valence-electron chi connectivity index (χ2n) is 5.73. The molecule has 90 valence electrons. The summed E-state index contributed by atoms with van der Waals surface area (Å²) in [5, 5.41) is 0. The van der Waals surface area contributed by atoms with Crippen molar-refractivity contribution in [1.82, 2.24) is 0 Å². The number of rotatable bonds is 1. The summed E-state index contributed by atoms with van der Waals surface area (Å²) in [6, 6.07) is 0. The molecule has 0 saturated heterocycles. The molecule has 0 nitrogen and oxygen atoms in total. The first kappa shape index (κ1) is 11.1. The zero-order valence-corrected chi connectivity index (χ0v) is 10.7. The van der Waals surface area contributed by atoms with Gasteiger partial charge in [0.05, 0.1) is 0 Å². The Morgan fingerprint density at radius 1 is 1.00 bits per heavy atom. The predicted molar refractivity (Wildman–Crippen MR) is 73.7 cm³/mol. The second kappa shape index (κ2) is 4.68. The van der Waals surface area contributed by atoms with E-state index in [-0.39, 0.29) is 0 Å². The first-order valence-corrected chi connectivity index (χ1v) is 7.13. The van der Waals surface area contributed by atoms with Crippen LogP contribution in [-0.2, 0) is 0 Å². The molecule has 0 aromatic carbocycles. The van der Waals surface area contributed by atoms with Gasteiger partial charge in [-0.15, -0.1) is 0 Å². The van der Waals surface area contributed by atoms with E-state index in [1.165, 1.54) is 37.7 Å². The molecule has 0 aromatic rings. The van der Waals surface area contributed by atoms with Crippen molar-refractivity contribution in [3.8, 4) is 0 Å². The molecule has 2 unspecified atom stereocenters. The molecule has 0 heteroatoms. The van der Waals surface area contributed by atoms with Crippen LogP contribution >= 0.6 is 0 Å². The van der Waals surface area contributed by atoms with Gasteiger partial charge in [0.15, 0.2) is 0 Å². The van der Waals surface area contributed by atoms with Crippen LogP contribution in [0, 0.1) is 17.8 Å². The van der Waals surface area contributed by atoms with E-state index < -0.39 is 0 Å². The molecular weight excluding hydrogens is 204 g/mol. The Balaban J connectivity index is 1.85. The number of hydrogen-bond acceptors (Lipinski definition) is 0. The molecule has 0 amide bonds. The van der Waals surface area contributed by atoms with E-state index in [4.69, 9.17) is 0 Å². The molecule has 3 aliphatic carbocycles. The highest BCUT2D eigenvalue weighted by Gasteiger charge is 2.29. The van der Waals surface area contributed by atoms with Crippen molar-refractivity contribution in [3.63, 3.8) is 0 Å². The van der Waals surface area contributed by atoms with Gasteiger partial charge in [-0.2, -0.15) is 0 Å². The normalized spacial score (nSPS) is 33.0. The Labute approximate surface area is 105 Å². The Kier molecular flexibility index (Phi) is 3.05. The zero-order valence-electron chi connectivity index (χ0n) is 10.7. The van der Waals surface area contributed by atoms with Crippen molar-refractivity contribution >= 4 is 0 Å². The van der Waals surface area contributed by atoms with Gasteiger partial charge < -0.3 is 0 Å². The molecule has 3 rings (SSSR count). The molecular formula is C17H22. The standard InChI is InChI=1S/C17H22/c1-13-16-10-6-5-9-15(16)11-12-17(13)14-7-3-2-4-8-14/h5-6,9-14,16H,2-4,7-8H2,1H3. The SMILES string of the molecule is CC1C(C2CCCCC2)=CC=C2C=CC=CC21. The van der Waals surface area contributed by atoms with Crippen molar-refractivity contribution < 1.29 is 0 Å². The van der Waals surface area contributed by atoms with Crippen LogP contribution in [0.3, 0.4) is 0 Å². The highest BCUT2D eigenvalue weighted by Crippen LogP contribution is 2.42. The van der Waals surface area contributed by atoms with Gasteiger partial charge in [0, 0.05) is 5.92 Å². The molecule has 0 N–H and O–H groups in total. The van der Waals surface area contributed by atoms with Crippen LogP contribution in [0.1, 0.15) is 39.0 Å². The summed E-state index contributed by atoms with van der Waals surface area (Å²) >= 11 is 0. The predicted octanol–water partition coefficient (Wildman–Crippen LogP) is 4.81. The smallest absolute Gasteiger partial charge is 0.00841 e. The first-order valence-electron chi connectivity index (χ1n) is 7.13. The lowest BCUT2D eigenvalue weighted by molar-refractivity contribution is 0.360. The van der Waals surface area contributed by atoms with Crippen LogP contribution in [0.5, 0.6) is 0 Å². The van der Waals surface area contributed by atoms with Gasteiger partial charge in [0.25, 0.3) is 0 Å². The van der Waals surface area contributed by atoms with Gasteiger partial charge in [-0.1, -0.05) is 68.2 Å². The molecule has 3 aliphatic rings. The third-order valence-electron chi connectivity index (χ3n) is 4.71. The van der Waals surface area contributed by atoms with Gasteiger partial charge in [0.2, 0.25) is 0 Å². The van der Waals surface area contributed by atoms with Crippen LogP contribution in [0.15, 0.2) is 47.6 Å². The van der Waals surface area contributed by atoms with Gasteiger partial charge in [-0.05, 0) is 30.3 Å². The maximum absolute atomic E-state index is 2.43. The third-order valence-corrected chi connectivity index (χ3v) is 4.71. The molecule has 0 heterocycles. The zero-order chi connectivity index (χ0) is 11.7. The van der Waals surface area contributed by atoms with Crippen molar-refractivity contribution in [1.29, 1.82) is 0 Å². The summed E-state index contributed by atoms with van der Waals surface area (Å²) < 4.78 is 0. The summed E-state index contributed by atoms with van der Waals surface area (Å²) in [6.45, 7) is 2.42.